The summed E-state index contributed by atoms with van der Waals surface area (Å²) < 4.78 is 16.5. The summed E-state index contributed by atoms with van der Waals surface area (Å²) in [6.45, 7) is 4.09. The molecule has 3 rings (SSSR count). The van der Waals surface area contributed by atoms with Crippen LogP contribution in [0, 0.1) is 0 Å². The SMILES string of the molecule is c1cc2c(cc1CCNC1CCOCC1)OCCO2. The quantitative estimate of drug-likeness (QED) is 0.898. The Kier molecular flexibility index (Phi) is 4.20. The molecule has 0 bridgehead atoms. The van der Waals surface area contributed by atoms with E-state index >= 15 is 0 Å². The second-order valence-corrected chi connectivity index (χ2v) is 5.07. The summed E-state index contributed by atoms with van der Waals surface area (Å²) in [5.74, 6) is 1.75. The highest BCUT2D eigenvalue weighted by molar-refractivity contribution is 5.43. The fourth-order valence-corrected chi connectivity index (χ4v) is 2.57. The molecule has 1 aromatic rings. The zero-order chi connectivity index (χ0) is 12.9. The van der Waals surface area contributed by atoms with Crippen molar-refractivity contribution in [2.75, 3.05) is 33.0 Å². The first-order chi connectivity index (χ1) is 9.42. The van der Waals surface area contributed by atoms with Crippen LogP contribution in [-0.2, 0) is 11.2 Å². The Labute approximate surface area is 114 Å². The van der Waals surface area contributed by atoms with Crippen LogP contribution in [0.3, 0.4) is 0 Å². The van der Waals surface area contributed by atoms with E-state index in [-0.39, 0.29) is 0 Å². The molecule has 2 heterocycles. The van der Waals surface area contributed by atoms with E-state index in [1.165, 1.54) is 5.56 Å². The number of fused-ring (bicyclic) bond motifs is 1. The van der Waals surface area contributed by atoms with Crippen LogP contribution in [0.1, 0.15) is 18.4 Å². The summed E-state index contributed by atoms with van der Waals surface area (Å²) in [4.78, 5) is 0. The van der Waals surface area contributed by atoms with Gasteiger partial charge in [0.25, 0.3) is 0 Å². The number of hydrogen-bond acceptors (Lipinski definition) is 4. The maximum Gasteiger partial charge on any atom is 0.161 e. The van der Waals surface area contributed by atoms with Gasteiger partial charge >= 0.3 is 0 Å². The zero-order valence-electron chi connectivity index (χ0n) is 11.2. The summed E-state index contributed by atoms with van der Waals surface area (Å²) in [5.41, 5.74) is 1.30. The monoisotopic (exact) mass is 263 g/mol. The molecular formula is C15H21NO3. The van der Waals surface area contributed by atoms with Gasteiger partial charge in [0.1, 0.15) is 13.2 Å². The predicted molar refractivity (Wildman–Crippen MR) is 73.0 cm³/mol. The molecule has 1 N–H and O–H groups in total. The van der Waals surface area contributed by atoms with Gasteiger partial charge in [0, 0.05) is 19.3 Å². The van der Waals surface area contributed by atoms with E-state index in [0.29, 0.717) is 19.3 Å². The molecule has 0 radical (unpaired) electrons. The van der Waals surface area contributed by atoms with Gasteiger partial charge in [0.05, 0.1) is 0 Å². The Balaban J connectivity index is 1.49. The van der Waals surface area contributed by atoms with E-state index < -0.39 is 0 Å². The van der Waals surface area contributed by atoms with Crippen LogP contribution in [0.25, 0.3) is 0 Å². The van der Waals surface area contributed by atoms with Crippen molar-refractivity contribution in [1.29, 1.82) is 0 Å². The molecule has 1 saturated heterocycles. The second kappa shape index (κ2) is 6.26. The molecule has 0 spiro atoms. The maximum atomic E-state index is 5.60. The minimum absolute atomic E-state index is 0.617. The molecular weight excluding hydrogens is 242 g/mol. The van der Waals surface area contributed by atoms with E-state index in [2.05, 4.69) is 17.4 Å². The molecule has 2 aliphatic heterocycles. The highest BCUT2D eigenvalue weighted by atomic mass is 16.6. The molecule has 1 fully saturated rings. The maximum absolute atomic E-state index is 5.60. The average molecular weight is 263 g/mol. The summed E-state index contributed by atoms with van der Waals surface area (Å²) >= 11 is 0. The van der Waals surface area contributed by atoms with E-state index in [0.717, 1.165) is 50.5 Å². The van der Waals surface area contributed by atoms with Crippen LogP contribution in [0.2, 0.25) is 0 Å². The summed E-state index contributed by atoms with van der Waals surface area (Å²) in [6.07, 6.45) is 3.27. The van der Waals surface area contributed by atoms with Crippen molar-refractivity contribution < 1.29 is 14.2 Å². The number of ether oxygens (including phenoxy) is 3. The van der Waals surface area contributed by atoms with Gasteiger partial charge in [-0.25, -0.2) is 0 Å². The van der Waals surface area contributed by atoms with Crippen molar-refractivity contribution in [1.82, 2.24) is 5.32 Å². The second-order valence-electron chi connectivity index (χ2n) is 5.07. The van der Waals surface area contributed by atoms with Crippen molar-refractivity contribution >= 4 is 0 Å². The summed E-state index contributed by atoms with van der Waals surface area (Å²) in [7, 11) is 0. The van der Waals surface area contributed by atoms with Crippen LogP contribution in [0.5, 0.6) is 11.5 Å². The van der Waals surface area contributed by atoms with E-state index in [9.17, 15) is 0 Å². The molecule has 4 nitrogen and oxygen atoms in total. The third-order valence-corrected chi connectivity index (χ3v) is 3.67. The van der Waals surface area contributed by atoms with Gasteiger partial charge in [0.15, 0.2) is 11.5 Å². The minimum Gasteiger partial charge on any atom is -0.486 e. The highest BCUT2D eigenvalue weighted by Crippen LogP contribution is 2.30. The average Bonchev–Trinajstić information content (AvgIpc) is 2.48. The van der Waals surface area contributed by atoms with Gasteiger partial charge in [-0.2, -0.15) is 0 Å². The van der Waals surface area contributed by atoms with Crippen molar-refractivity contribution in [3.63, 3.8) is 0 Å². The van der Waals surface area contributed by atoms with Crippen molar-refractivity contribution in [2.24, 2.45) is 0 Å². The minimum atomic E-state index is 0.617. The zero-order valence-corrected chi connectivity index (χ0v) is 11.2. The van der Waals surface area contributed by atoms with Gasteiger partial charge in [-0.1, -0.05) is 6.07 Å². The molecule has 0 aromatic heterocycles. The fraction of sp³-hybridized carbons (Fsp3) is 0.600. The Morgan fingerprint density at radius 3 is 2.63 bits per heavy atom. The van der Waals surface area contributed by atoms with Crippen LogP contribution >= 0.6 is 0 Å². The Morgan fingerprint density at radius 2 is 1.79 bits per heavy atom. The first-order valence-electron chi connectivity index (χ1n) is 7.11. The third kappa shape index (κ3) is 3.39. The lowest BCUT2D eigenvalue weighted by molar-refractivity contribution is 0.0782. The van der Waals surface area contributed by atoms with E-state index in [1.807, 2.05) is 6.07 Å². The van der Waals surface area contributed by atoms with Gasteiger partial charge < -0.3 is 19.5 Å². The lowest BCUT2D eigenvalue weighted by atomic mass is 10.1. The van der Waals surface area contributed by atoms with Gasteiger partial charge in [-0.3, -0.25) is 0 Å². The molecule has 0 amide bonds. The number of benzene rings is 1. The number of hydrogen-bond donors (Lipinski definition) is 1. The first-order valence-corrected chi connectivity index (χ1v) is 7.11. The topological polar surface area (TPSA) is 39.7 Å². The highest BCUT2D eigenvalue weighted by Gasteiger charge is 2.14. The lowest BCUT2D eigenvalue weighted by Gasteiger charge is -2.23. The van der Waals surface area contributed by atoms with Gasteiger partial charge in [-0.05, 0) is 43.5 Å². The molecule has 0 aliphatic carbocycles. The molecule has 1 aromatic carbocycles. The van der Waals surface area contributed by atoms with Crippen molar-refractivity contribution in [2.45, 2.75) is 25.3 Å². The molecule has 2 aliphatic rings. The Bertz CT molecular complexity index is 416. The van der Waals surface area contributed by atoms with Gasteiger partial charge in [0.2, 0.25) is 0 Å². The van der Waals surface area contributed by atoms with Crippen LogP contribution in [0.4, 0.5) is 0 Å². The number of nitrogens with one attached hydrogen (secondary N) is 1. The fourth-order valence-electron chi connectivity index (χ4n) is 2.57. The van der Waals surface area contributed by atoms with E-state index in [1.54, 1.807) is 0 Å². The summed E-state index contributed by atoms with van der Waals surface area (Å²) in [6, 6.07) is 6.85. The molecule has 4 heteroatoms. The van der Waals surface area contributed by atoms with Crippen LogP contribution in [-0.4, -0.2) is 39.0 Å². The largest absolute Gasteiger partial charge is 0.486 e. The van der Waals surface area contributed by atoms with Crippen molar-refractivity contribution in [3.8, 4) is 11.5 Å². The molecule has 19 heavy (non-hydrogen) atoms. The van der Waals surface area contributed by atoms with Crippen LogP contribution in [0.15, 0.2) is 18.2 Å². The number of rotatable bonds is 4. The third-order valence-electron chi connectivity index (χ3n) is 3.67. The normalized spacial score (nSPS) is 19.4. The van der Waals surface area contributed by atoms with E-state index in [4.69, 9.17) is 14.2 Å². The summed E-state index contributed by atoms with van der Waals surface area (Å²) in [5, 5.41) is 3.60. The molecule has 0 saturated carbocycles. The van der Waals surface area contributed by atoms with Crippen molar-refractivity contribution in [3.05, 3.63) is 23.8 Å². The Morgan fingerprint density at radius 1 is 1.00 bits per heavy atom. The first kappa shape index (κ1) is 12.8. The smallest absolute Gasteiger partial charge is 0.161 e. The predicted octanol–water partition coefficient (Wildman–Crippen LogP) is 1.77. The molecule has 104 valence electrons. The molecule has 0 unspecified atom stereocenters. The van der Waals surface area contributed by atoms with Gasteiger partial charge in [-0.15, -0.1) is 0 Å². The Hall–Kier alpha value is -1.26. The molecule has 0 atom stereocenters. The lowest BCUT2D eigenvalue weighted by Crippen LogP contribution is -2.35. The standard InChI is InChI=1S/C15H21NO3/c1-2-14-15(19-10-9-18-14)11-12(1)3-6-16-13-4-7-17-8-5-13/h1-2,11,13,16H,3-10H2. The van der Waals surface area contributed by atoms with Crippen LogP contribution < -0.4 is 14.8 Å².